The molecule has 1 saturated heterocycles. The van der Waals surface area contributed by atoms with Crippen LogP contribution in [-0.2, 0) is 4.74 Å². The molecular weight excluding hydrogens is 303 g/mol. The summed E-state index contributed by atoms with van der Waals surface area (Å²) in [5.41, 5.74) is 0.877. The summed E-state index contributed by atoms with van der Waals surface area (Å²) in [6.45, 7) is 1.15. The summed E-state index contributed by atoms with van der Waals surface area (Å²) in [5, 5.41) is 8.90. The van der Waals surface area contributed by atoms with Crippen LogP contribution >= 0.6 is 11.3 Å². The molecule has 0 radical (unpaired) electrons. The van der Waals surface area contributed by atoms with Gasteiger partial charge >= 0.3 is 0 Å². The number of hydrogen-bond donors (Lipinski definition) is 0. The van der Waals surface area contributed by atoms with E-state index < -0.39 is 6.10 Å². The zero-order chi connectivity index (χ0) is 15.5. The number of amides is 1. The largest absolute Gasteiger partial charge is 0.360 e. The number of thiophene rings is 1. The van der Waals surface area contributed by atoms with Crippen molar-refractivity contribution in [3.8, 4) is 16.5 Å². The van der Waals surface area contributed by atoms with Crippen molar-refractivity contribution in [2.24, 2.45) is 0 Å². The third-order valence-electron chi connectivity index (χ3n) is 3.44. The van der Waals surface area contributed by atoms with E-state index >= 15 is 0 Å². The maximum absolute atomic E-state index is 13.0. The van der Waals surface area contributed by atoms with E-state index in [1.807, 2.05) is 12.1 Å². The van der Waals surface area contributed by atoms with Gasteiger partial charge in [-0.05, 0) is 29.8 Å². The topological polar surface area (TPSA) is 53.3 Å². The SMILES string of the molecule is N#CC1CN(C(=O)c2ccc(-c3ccc(F)cc3)s2)CCO1. The molecule has 112 valence electrons. The van der Waals surface area contributed by atoms with Gasteiger partial charge in [0.05, 0.1) is 24.1 Å². The molecule has 1 aliphatic heterocycles. The molecule has 1 aliphatic rings. The smallest absolute Gasteiger partial charge is 0.264 e. The number of nitriles is 1. The number of halogens is 1. The number of carbonyl (C=O) groups is 1. The van der Waals surface area contributed by atoms with E-state index in [1.165, 1.54) is 23.5 Å². The summed E-state index contributed by atoms with van der Waals surface area (Å²) in [6.07, 6.45) is -0.561. The van der Waals surface area contributed by atoms with Gasteiger partial charge in [-0.2, -0.15) is 5.26 Å². The average Bonchev–Trinajstić information content (AvgIpc) is 3.05. The molecule has 1 aromatic heterocycles. The number of ether oxygens (including phenoxy) is 1. The zero-order valence-corrected chi connectivity index (χ0v) is 12.5. The summed E-state index contributed by atoms with van der Waals surface area (Å²) < 4.78 is 18.2. The van der Waals surface area contributed by atoms with Crippen LogP contribution in [-0.4, -0.2) is 36.6 Å². The molecular formula is C16H13FN2O2S. The average molecular weight is 316 g/mol. The normalized spacial score (nSPS) is 18.0. The Balaban J connectivity index is 1.77. The number of morpholine rings is 1. The first-order valence-corrected chi connectivity index (χ1v) is 7.65. The Morgan fingerprint density at radius 1 is 1.32 bits per heavy atom. The van der Waals surface area contributed by atoms with Crippen molar-refractivity contribution in [3.05, 3.63) is 47.1 Å². The summed E-state index contributed by atoms with van der Waals surface area (Å²) in [6, 6.07) is 11.8. The third-order valence-corrected chi connectivity index (χ3v) is 4.57. The van der Waals surface area contributed by atoms with Gasteiger partial charge in [-0.25, -0.2) is 4.39 Å². The van der Waals surface area contributed by atoms with E-state index in [0.717, 1.165) is 10.4 Å². The number of carbonyl (C=O) groups excluding carboxylic acids is 1. The lowest BCUT2D eigenvalue weighted by molar-refractivity contribution is 0.00369. The Morgan fingerprint density at radius 3 is 2.82 bits per heavy atom. The monoisotopic (exact) mass is 316 g/mol. The van der Waals surface area contributed by atoms with Gasteiger partial charge in [-0.15, -0.1) is 11.3 Å². The molecule has 2 heterocycles. The van der Waals surface area contributed by atoms with Crippen LogP contribution in [0, 0.1) is 17.1 Å². The van der Waals surface area contributed by atoms with Gasteiger partial charge in [0.25, 0.3) is 5.91 Å². The first kappa shape index (κ1) is 14.7. The van der Waals surface area contributed by atoms with Crippen molar-refractivity contribution in [2.75, 3.05) is 19.7 Å². The highest BCUT2D eigenvalue weighted by Gasteiger charge is 2.25. The Labute approximate surface area is 131 Å². The standard InChI is InChI=1S/C16H13FN2O2S/c17-12-3-1-11(2-4-12)14-5-6-15(22-14)16(20)19-7-8-21-13(9-18)10-19/h1-6,13H,7-8,10H2. The molecule has 6 heteroatoms. The summed E-state index contributed by atoms with van der Waals surface area (Å²) in [5.74, 6) is -0.380. The fraction of sp³-hybridized carbons (Fsp3) is 0.250. The Morgan fingerprint density at radius 2 is 2.09 bits per heavy atom. The minimum Gasteiger partial charge on any atom is -0.360 e. The van der Waals surface area contributed by atoms with E-state index in [0.29, 0.717) is 24.6 Å². The minimum absolute atomic E-state index is 0.0955. The van der Waals surface area contributed by atoms with E-state index in [1.54, 1.807) is 23.1 Å². The molecule has 0 spiro atoms. The van der Waals surface area contributed by atoms with Crippen LogP contribution in [0.5, 0.6) is 0 Å². The minimum atomic E-state index is -0.561. The van der Waals surface area contributed by atoms with Crippen LogP contribution in [0.3, 0.4) is 0 Å². The third kappa shape index (κ3) is 3.01. The molecule has 2 aromatic rings. The van der Waals surface area contributed by atoms with Crippen LogP contribution in [0.15, 0.2) is 36.4 Å². The quantitative estimate of drug-likeness (QED) is 0.856. The molecule has 4 nitrogen and oxygen atoms in total. The van der Waals surface area contributed by atoms with Gasteiger partial charge in [-0.3, -0.25) is 4.79 Å². The fourth-order valence-corrected chi connectivity index (χ4v) is 3.27. The maximum Gasteiger partial charge on any atom is 0.264 e. The van der Waals surface area contributed by atoms with E-state index in [9.17, 15) is 9.18 Å². The predicted octanol–water partition coefficient (Wildman–Crippen LogP) is 2.92. The Bertz CT molecular complexity index is 720. The van der Waals surface area contributed by atoms with E-state index in [2.05, 4.69) is 0 Å². The van der Waals surface area contributed by atoms with Gasteiger partial charge < -0.3 is 9.64 Å². The van der Waals surface area contributed by atoms with Crippen LogP contribution < -0.4 is 0 Å². The van der Waals surface area contributed by atoms with Crippen molar-refractivity contribution in [3.63, 3.8) is 0 Å². The van der Waals surface area contributed by atoms with Gasteiger partial charge in [0.1, 0.15) is 5.82 Å². The van der Waals surface area contributed by atoms with Gasteiger partial charge in [0.2, 0.25) is 0 Å². The number of hydrogen-bond acceptors (Lipinski definition) is 4. The summed E-state index contributed by atoms with van der Waals surface area (Å²) >= 11 is 1.37. The van der Waals surface area contributed by atoms with E-state index in [4.69, 9.17) is 10.00 Å². The summed E-state index contributed by atoms with van der Waals surface area (Å²) in [4.78, 5) is 15.6. The first-order chi connectivity index (χ1) is 10.7. The molecule has 0 bridgehead atoms. The van der Waals surface area contributed by atoms with Crippen molar-refractivity contribution in [1.82, 2.24) is 4.90 Å². The highest BCUT2D eigenvalue weighted by molar-refractivity contribution is 7.17. The Hall–Kier alpha value is -2.23. The van der Waals surface area contributed by atoms with Crippen LogP contribution in [0.25, 0.3) is 10.4 Å². The highest BCUT2D eigenvalue weighted by Crippen LogP contribution is 2.29. The molecule has 22 heavy (non-hydrogen) atoms. The Kier molecular flexibility index (Phi) is 4.18. The highest BCUT2D eigenvalue weighted by atomic mass is 32.1. The second-order valence-corrected chi connectivity index (χ2v) is 5.99. The number of nitrogens with zero attached hydrogens (tertiary/aromatic N) is 2. The van der Waals surface area contributed by atoms with Gasteiger partial charge in [-0.1, -0.05) is 12.1 Å². The maximum atomic E-state index is 13.0. The van der Waals surface area contributed by atoms with Crippen LogP contribution in [0.4, 0.5) is 4.39 Å². The van der Waals surface area contributed by atoms with Crippen LogP contribution in [0.2, 0.25) is 0 Å². The molecule has 1 amide bonds. The van der Waals surface area contributed by atoms with Crippen molar-refractivity contribution >= 4 is 17.2 Å². The second kappa shape index (κ2) is 6.26. The van der Waals surface area contributed by atoms with Crippen molar-refractivity contribution in [2.45, 2.75) is 6.10 Å². The molecule has 1 fully saturated rings. The molecule has 1 unspecified atom stereocenters. The van der Waals surface area contributed by atoms with E-state index in [-0.39, 0.29) is 11.7 Å². The fourth-order valence-electron chi connectivity index (χ4n) is 2.29. The lowest BCUT2D eigenvalue weighted by Gasteiger charge is -2.29. The molecule has 1 aromatic carbocycles. The molecule has 0 N–H and O–H groups in total. The number of rotatable bonds is 2. The lowest BCUT2D eigenvalue weighted by Crippen LogP contribution is -2.44. The lowest BCUT2D eigenvalue weighted by atomic mass is 10.2. The first-order valence-electron chi connectivity index (χ1n) is 6.83. The van der Waals surface area contributed by atoms with Gasteiger partial charge in [0.15, 0.2) is 6.10 Å². The predicted molar refractivity (Wildman–Crippen MR) is 81.0 cm³/mol. The van der Waals surface area contributed by atoms with Crippen LogP contribution in [0.1, 0.15) is 9.67 Å². The second-order valence-electron chi connectivity index (χ2n) is 4.91. The van der Waals surface area contributed by atoms with Gasteiger partial charge in [0, 0.05) is 11.4 Å². The molecule has 0 aliphatic carbocycles. The zero-order valence-electron chi connectivity index (χ0n) is 11.7. The molecule has 0 saturated carbocycles. The van der Waals surface area contributed by atoms with Crippen molar-refractivity contribution in [1.29, 1.82) is 5.26 Å². The van der Waals surface area contributed by atoms with Crippen molar-refractivity contribution < 1.29 is 13.9 Å². The summed E-state index contributed by atoms with van der Waals surface area (Å²) in [7, 11) is 0. The molecule has 1 atom stereocenters. The molecule has 3 rings (SSSR count). The number of benzene rings is 1.